The second kappa shape index (κ2) is 6.28. The van der Waals surface area contributed by atoms with Gasteiger partial charge in [-0.15, -0.1) is 0 Å². The summed E-state index contributed by atoms with van der Waals surface area (Å²) in [5.74, 6) is 0.829. The van der Waals surface area contributed by atoms with E-state index in [0.717, 1.165) is 6.07 Å². The highest BCUT2D eigenvalue weighted by atomic mass is 32.2. The average molecular weight is 265 g/mol. The molecule has 17 heavy (non-hydrogen) atoms. The fraction of sp³-hybridized carbons (Fsp3) is 0.455. The van der Waals surface area contributed by atoms with E-state index in [1.807, 2.05) is 0 Å². The van der Waals surface area contributed by atoms with Crippen molar-refractivity contribution in [3.05, 3.63) is 35.4 Å². The summed E-state index contributed by atoms with van der Waals surface area (Å²) in [4.78, 5) is 0. The normalized spacial score (nSPS) is 13.7. The predicted molar refractivity (Wildman–Crippen MR) is 62.8 cm³/mol. The summed E-state index contributed by atoms with van der Waals surface area (Å²) in [6, 6.07) is 4.64. The number of aliphatic hydroxyl groups excluding tert-OH is 1. The van der Waals surface area contributed by atoms with Crippen molar-refractivity contribution in [3.8, 4) is 0 Å². The molecule has 3 N–H and O–H groups in total. The Morgan fingerprint density at radius 3 is 2.53 bits per heavy atom. The zero-order chi connectivity index (χ0) is 12.9. The Hall–Kier alpha value is -0.720. The SMILES string of the molecule is NC(CSCCO)c1ccccc1C(F)(F)F. The molecule has 0 saturated heterocycles. The molecular formula is C11H14F3NOS. The van der Waals surface area contributed by atoms with Crippen LogP contribution in [0.25, 0.3) is 0 Å². The van der Waals surface area contributed by atoms with Crippen molar-refractivity contribution in [1.82, 2.24) is 0 Å². The third kappa shape index (κ3) is 4.22. The maximum Gasteiger partial charge on any atom is 0.416 e. The first-order valence-corrected chi connectivity index (χ1v) is 6.22. The van der Waals surface area contributed by atoms with Gasteiger partial charge < -0.3 is 10.8 Å². The van der Waals surface area contributed by atoms with E-state index < -0.39 is 17.8 Å². The van der Waals surface area contributed by atoms with Crippen LogP contribution in [0.2, 0.25) is 0 Å². The van der Waals surface area contributed by atoms with Gasteiger partial charge >= 0.3 is 6.18 Å². The topological polar surface area (TPSA) is 46.2 Å². The number of thioether (sulfide) groups is 1. The van der Waals surface area contributed by atoms with Crippen LogP contribution >= 0.6 is 11.8 Å². The molecule has 0 bridgehead atoms. The van der Waals surface area contributed by atoms with Crippen molar-refractivity contribution in [2.75, 3.05) is 18.1 Å². The molecule has 1 atom stereocenters. The first-order valence-electron chi connectivity index (χ1n) is 5.07. The van der Waals surface area contributed by atoms with Crippen molar-refractivity contribution >= 4 is 11.8 Å². The number of aliphatic hydroxyl groups is 1. The molecule has 0 aromatic heterocycles. The van der Waals surface area contributed by atoms with Crippen molar-refractivity contribution in [1.29, 1.82) is 0 Å². The third-order valence-electron chi connectivity index (χ3n) is 2.20. The summed E-state index contributed by atoms with van der Waals surface area (Å²) in [5.41, 5.74) is 5.15. The second-order valence-corrected chi connectivity index (χ2v) is 4.64. The van der Waals surface area contributed by atoms with Gasteiger partial charge in [-0.25, -0.2) is 0 Å². The van der Waals surface area contributed by atoms with E-state index in [0.29, 0.717) is 11.5 Å². The van der Waals surface area contributed by atoms with Crippen molar-refractivity contribution in [3.63, 3.8) is 0 Å². The lowest BCUT2D eigenvalue weighted by molar-refractivity contribution is -0.138. The summed E-state index contributed by atoms with van der Waals surface area (Å²) in [7, 11) is 0. The number of nitrogens with two attached hydrogens (primary N) is 1. The summed E-state index contributed by atoms with van der Waals surface area (Å²) >= 11 is 1.33. The molecular weight excluding hydrogens is 251 g/mol. The largest absolute Gasteiger partial charge is 0.416 e. The fourth-order valence-corrected chi connectivity index (χ4v) is 2.17. The zero-order valence-corrected chi connectivity index (χ0v) is 9.89. The minimum absolute atomic E-state index is 0.00168. The molecule has 0 aliphatic rings. The lowest BCUT2D eigenvalue weighted by Crippen LogP contribution is -2.19. The van der Waals surface area contributed by atoms with E-state index in [4.69, 9.17) is 10.8 Å². The van der Waals surface area contributed by atoms with Gasteiger partial charge in [0.1, 0.15) is 0 Å². The van der Waals surface area contributed by atoms with E-state index in [-0.39, 0.29) is 12.2 Å². The molecule has 2 nitrogen and oxygen atoms in total. The highest BCUT2D eigenvalue weighted by Gasteiger charge is 2.34. The Morgan fingerprint density at radius 2 is 1.94 bits per heavy atom. The third-order valence-corrected chi connectivity index (χ3v) is 3.26. The average Bonchev–Trinajstić information content (AvgIpc) is 2.28. The maximum absolute atomic E-state index is 12.7. The van der Waals surface area contributed by atoms with Crippen molar-refractivity contribution in [2.24, 2.45) is 5.73 Å². The van der Waals surface area contributed by atoms with Crippen LogP contribution < -0.4 is 5.73 Å². The summed E-state index contributed by atoms with van der Waals surface area (Å²) in [6.45, 7) is -0.00168. The van der Waals surface area contributed by atoms with Crippen LogP contribution in [0.1, 0.15) is 17.2 Å². The minimum atomic E-state index is -4.38. The highest BCUT2D eigenvalue weighted by Crippen LogP contribution is 2.34. The van der Waals surface area contributed by atoms with Crippen molar-refractivity contribution < 1.29 is 18.3 Å². The lowest BCUT2D eigenvalue weighted by Gasteiger charge is -2.17. The van der Waals surface area contributed by atoms with Gasteiger partial charge in [-0.3, -0.25) is 0 Å². The number of hydrogen-bond acceptors (Lipinski definition) is 3. The van der Waals surface area contributed by atoms with Crippen molar-refractivity contribution in [2.45, 2.75) is 12.2 Å². The molecule has 1 aromatic carbocycles. The molecule has 0 aliphatic carbocycles. The quantitative estimate of drug-likeness (QED) is 0.804. The minimum Gasteiger partial charge on any atom is -0.396 e. The van der Waals surface area contributed by atoms with Crippen LogP contribution in [0.3, 0.4) is 0 Å². The summed E-state index contributed by atoms with van der Waals surface area (Å²) in [5, 5.41) is 8.59. The van der Waals surface area contributed by atoms with E-state index in [1.165, 1.54) is 23.9 Å². The Morgan fingerprint density at radius 1 is 1.29 bits per heavy atom. The molecule has 0 spiro atoms. The molecule has 0 fully saturated rings. The number of rotatable bonds is 5. The number of benzene rings is 1. The van der Waals surface area contributed by atoms with Crippen LogP contribution in [0.5, 0.6) is 0 Å². The molecule has 1 unspecified atom stereocenters. The smallest absolute Gasteiger partial charge is 0.396 e. The Labute approximate surface area is 102 Å². The number of alkyl halides is 3. The van der Waals surface area contributed by atoms with Gasteiger partial charge in [-0.05, 0) is 11.6 Å². The van der Waals surface area contributed by atoms with Gasteiger partial charge in [-0.1, -0.05) is 18.2 Å². The predicted octanol–water partition coefficient (Wildman–Crippen LogP) is 2.43. The fourth-order valence-electron chi connectivity index (χ4n) is 1.44. The van der Waals surface area contributed by atoms with E-state index >= 15 is 0 Å². The van der Waals surface area contributed by atoms with Crippen LogP contribution in [0.15, 0.2) is 24.3 Å². The van der Waals surface area contributed by atoms with Gasteiger partial charge in [0.2, 0.25) is 0 Å². The van der Waals surface area contributed by atoms with E-state index in [1.54, 1.807) is 6.07 Å². The number of hydrogen-bond donors (Lipinski definition) is 2. The summed E-state index contributed by atoms with van der Waals surface area (Å²) < 4.78 is 38.1. The standard InChI is InChI=1S/C11H14F3NOS/c12-11(13,14)9-4-2-1-3-8(9)10(15)7-17-6-5-16/h1-4,10,16H,5-7,15H2. The highest BCUT2D eigenvalue weighted by molar-refractivity contribution is 7.99. The van der Waals surface area contributed by atoms with Crippen LogP contribution in [-0.4, -0.2) is 23.2 Å². The molecule has 96 valence electrons. The van der Waals surface area contributed by atoms with E-state index in [9.17, 15) is 13.2 Å². The molecule has 6 heteroatoms. The Kier molecular flexibility index (Phi) is 5.30. The monoisotopic (exact) mass is 265 g/mol. The van der Waals surface area contributed by atoms with Crippen LogP contribution in [0, 0.1) is 0 Å². The van der Waals surface area contributed by atoms with Crippen LogP contribution in [-0.2, 0) is 6.18 Å². The maximum atomic E-state index is 12.7. The van der Waals surface area contributed by atoms with Gasteiger partial charge in [0.15, 0.2) is 0 Å². The molecule has 0 saturated carbocycles. The first-order chi connectivity index (χ1) is 7.96. The molecule has 0 radical (unpaired) electrons. The summed E-state index contributed by atoms with van der Waals surface area (Å²) in [6.07, 6.45) is -4.38. The molecule has 1 rings (SSSR count). The Balaban J connectivity index is 2.82. The second-order valence-electron chi connectivity index (χ2n) is 3.49. The van der Waals surface area contributed by atoms with Gasteiger partial charge in [0.25, 0.3) is 0 Å². The molecule has 0 amide bonds. The van der Waals surface area contributed by atoms with Crippen LogP contribution in [0.4, 0.5) is 13.2 Å². The molecule has 0 heterocycles. The molecule has 0 aliphatic heterocycles. The zero-order valence-electron chi connectivity index (χ0n) is 9.07. The van der Waals surface area contributed by atoms with Gasteiger partial charge in [0.05, 0.1) is 12.2 Å². The Bertz CT molecular complexity index is 357. The first kappa shape index (κ1) is 14.3. The lowest BCUT2D eigenvalue weighted by atomic mass is 10.0. The van der Waals surface area contributed by atoms with E-state index in [2.05, 4.69) is 0 Å². The molecule has 1 aromatic rings. The van der Waals surface area contributed by atoms with Gasteiger partial charge in [-0.2, -0.15) is 24.9 Å². The number of halogens is 3. The van der Waals surface area contributed by atoms with Gasteiger partial charge in [0, 0.05) is 17.5 Å².